The van der Waals surface area contributed by atoms with Crippen LogP contribution in [0.15, 0.2) is 12.1 Å². The summed E-state index contributed by atoms with van der Waals surface area (Å²) in [6.07, 6.45) is 2.37. The third kappa shape index (κ3) is 1.36. The molecule has 2 N–H and O–H groups in total. The lowest BCUT2D eigenvalue weighted by Gasteiger charge is -2.30. The number of hydrogen-bond donors (Lipinski definition) is 1. The van der Waals surface area contributed by atoms with Crippen LogP contribution in [0.4, 0.5) is 0 Å². The topological polar surface area (TPSA) is 26.0 Å². The number of aryl methyl sites for hydroxylation is 2. The van der Waals surface area contributed by atoms with E-state index < -0.39 is 0 Å². The second-order valence-electron chi connectivity index (χ2n) is 4.61. The molecule has 1 aromatic rings. The van der Waals surface area contributed by atoms with Gasteiger partial charge < -0.3 is 5.73 Å². The quantitative estimate of drug-likeness (QED) is 0.666. The van der Waals surface area contributed by atoms with Gasteiger partial charge in [0.25, 0.3) is 0 Å². The Morgan fingerprint density at radius 2 is 1.64 bits per heavy atom. The summed E-state index contributed by atoms with van der Waals surface area (Å²) in [4.78, 5) is 0. The molecule has 14 heavy (non-hydrogen) atoms. The predicted octanol–water partition coefficient (Wildman–Crippen LogP) is 3.20. The number of hydrogen-bond acceptors (Lipinski definition) is 1. The first-order valence-corrected chi connectivity index (χ1v) is 5.47. The predicted molar refractivity (Wildman–Crippen MR) is 60.5 cm³/mol. The lowest BCUT2D eigenvalue weighted by molar-refractivity contribution is 0.509. The second kappa shape index (κ2) is 3.39. The van der Waals surface area contributed by atoms with Crippen LogP contribution in [0.3, 0.4) is 0 Å². The second-order valence-corrected chi connectivity index (χ2v) is 4.61. The van der Waals surface area contributed by atoms with Gasteiger partial charge in [-0.3, -0.25) is 0 Å². The first kappa shape index (κ1) is 9.72. The van der Waals surface area contributed by atoms with E-state index in [4.69, 9.17) is 5.73 Å². The summed E-state index contributed by atoms with van der Waals surface area (Å²) in [5.74, 6) is 0.685. The molecule has 1 unspecified atom stereocenters. The minimum Gasteiger partial charge on any atom is -0.324 e. The third-order valence-corrected chi connectivity index (χ3v) is 3.50. The molecular weight excluding hydrogens is 170 g/mol. The highest BCUT2D eigenvalue weighted by atomic mass is 14.6. The van der Waals surface area contributed by atoms with Gasteiger partial charge in [-0.05, 0) is 54.9 Å². The van der Waals surface area contributed by atoms with Crippen LogP contribution in [0.5, 0.6) is 0 Å². The molecule has 0 radical (unpaired) electrons. The van der Waals surface area contributed by atoms with Crippen LogP contribution in [-0.4, -0.2) is 0 Å². The minimum absolute atomic E-state index is 0.265. The molecule has 2 rings (SSSR count). The summed E-state index contributed by atoms with van der Waals surface area (Å²) in [6.45, 7) is 6.69. The molecule has 0 aliphatic heterocycles. The van der Waals surface area contributed by atoms with Crippen molar-refractivity contribution in [3.63, 3.8) is 0 Å². The zero-order valence-electron chi connectivity index (χ0n) is 9.30. The van der Waals surface area contributed by atoms with E-state index in [9.17, 15) is 0 Å². The van der Waals surface area contributed by atoms with E-state index >= 15 is 0 Å². The molecule has 0 amide bonds. The summed E-state index contributed by atoms with van der Waals surface area (Å²) in [6, 6.07) is 4.69. The van der Waals surface area contributed by atoms with Crippen molar-refractivity contribution in [3.05, 3.63) is 34.4 Å². The molecule has 0 aromatic heterocycles. The SMILES string of the molecule is Cc1ccc(C)c2c1C(C)CC[C@@H]2N. The molecule has 0 heterocycles. The maximum absolute atomic E-state index is 6.18. The van der Waals surface area contributed by atoms with Crippen molar-refractivity contribution >= 4 is 0 Å². The lowest BCUT2D eigenvalue weighted by atomic mass is 9.77. The van der Waals surface area contributed by atoms with Crippen molar-refractivity contribution in [1.82, 2.24) is 0 Å². The Kier molecular flexibility index (Phi) is 2.36. The Hall–Kier alpha value is -0.820. The fourth-order valence-electron chi connectivity index (χ4n) is 2.72. The van der Waals surface area contributed by atoms with Crippen molar-refractivity contribution in [2.75, 3.05) is 0 Å². The summed E-state index contributed by atoms with van der Waals surface area (Å²) < 4.78 is 0. The van der Waals surface area contributed by atoms with Gasteiger partial charge in [0.05, 0.1) is 0 Å². The fourth-order valence-corrected chi connectivity index (χ4v) is 2.72. The van der Waals surface area contributed by atoms with Crippen LogP contribution < -0.4 is 5.73 Å². The van der Waals surface area contributed by atoms with E-state index in [1.807, 2.05) is 0 Å². The van der Waals surface area contributed by atoms with Crippen molar-refractivity contribution in [3.8, 4) is 0 Å². The monoisotopic (exact) mass is 189 g/mol. The van der Waals surface area contributed by atoms with Gasteiger partial charge in [-0.25, -0.2) is 0 Å². The average molecular weight is 189 g/mol. The van der Waals surface area contributed by atoms with E-state index in [2.05, 4.69) is 32.9 Å². The van der Waals surface area contributed by atoms with E-state index in [-0.39, 0.29) is 6.04 Å². The molecule has 0 saturated carbocycles. The number of fused-ring (bicyclic) bond motifs is 1. The maximum Gasteiger partial charge on any atom is 0.0300 e. The van der Waals surface area contributed by atoms with Crippen LogP contribution in [0.2, 0.25) is 0 Å². The van der Waals surface area contributed by atoms with Gasteiger partial charge in [0.2, 0.25) is 0 Å². The number of rotatable bonds is 0. The Bertz CT molecular complexity index is 319. The van der Waals surface area contributed by atoms with Crippen molar-refractivity contribution in [2.24, 2.45) is 5.73 Å². The molecule has 1 heteroatoms. The van der Waals surface area contributed by atoms with Crippen LogP contribution in [0, 0.1) is 13.8 Å². The molecule has 1 aliphatic carbocycles. The molecule has 0 saturated heterocycles. The maximum atomic E-state index is 6.18. The van der Waals surface area contributed by atoms with Crippen LogP contribution in [-0.2, 0) is 0 Å². The first-order valence-electron chi connectivity index (χ1n) is 5.47. The normalized spacial score (nSPS) is 26.0. The molecule has 76 valence electrons. The van der Waals surface area contributed by atoms with Crippen LogP contribution >= 0.6 is 0 Å². The van der Waals surface area contributed by atoms with E-state index in [1.165, 1.54) is 28.7 Å². The highest BCUT2D eigenvalue weighted by Gasteiger charge is 2.24. The van der Waals surface area contributed by atoms with Gasteiger partial charge in [0, 0.05) is 6.04 Å². The first-order chi connectivity index (χ1) is 6.61. The molecule has 1 nitrogen and oxygen atoms in total. The fraction of sp³-hybridized carbons (Fsp3) is 0.538. The molecular formula is C13H19N. The molecule has 2 atom stereocenters. The van der Waals surface area contributed by atoms with Crippen LogP contribution in [0.1, 0.15) is 54.0 Å². The zero-order valence-corrected chi connectivity index (χ0v) is 9.30. The standard InChI is InChI=1S/C13H19N/c1-8-4-5-10(3)13-11(14)7-6-9(2)12(8)13/h4-5,9,11H,6-7,14H2,1-3H3/t9?,11-/m0/s1. The van der Waals surface area contributed by atoms with Gasteiger partial charge in [-0.2, -0.15) is 0 Å². The Morgan fingerprint density at radius 3 is 2.21 bits per heavy atom. The van der Waals surface area contributed by atoms with Gasteiger partial charge in [-0.1, -0.05) is 19.1 Å². The zero-order chi connectivity index (χ0) is 10.3. The van der Waals surface area contributed by atoms with Gasteiger partial charge in [0.15, 0.2) is 0 Å². The van der Waals surface area contributed by atoms with Crippen molar-refractivity contribution < 1.29 is 0 Å². The lowest BCUT2D eigenvalue weighted by Crippen LogP contribution is -2.21. The molecule has 0 spiro atoms. The smallest absolute Gasteiger partial charge is 0.0300 e. The number of nitrogens with two attached hydrogens (primary N) is 1. The van der Waals surface area contributed by atoms with Gasteiger partial charge in [-0.15, -0.1) is 0 Å². The molecule has 1 aromatic carbocycles. The molecule has 1 aliphatic rings. The largest absolute Gasteiger partial charge is 0.324 e. The van der Waals surface area contributed by atoms with Crippen molar-refractivity contribution in [1.29, 1.82) is 0 Å². The van der Waals surface area contributed by atoms with E-state index in [0.717, 1.165) is 6.42 Å². The van der Waals surface area contributed by atoms with E-state index in [1.54, 1.807) is 0 Å². The van der Waals surface area contributed by atoms with E-state index in [0.29, 0.717) is 5.92 Å². The Balaban J connectivity index is 2.65. The third-order valence-electron chi connectivity index (χ3n) is 3.50. The molecule has 0 bridgehead atoms. The van der Waals surface area contributed by atoms with Crippen molar-refractivity contribution in [2.45, 2.75) is 45.6 Å². The minimum atomic E-state index is 0.265. The summed E-state index contributed by atoms with van der Waals surface area (Å²) in [5.41, 5.74) is 11.9. The molecule has 0 fully saturated rings. The van der Waals surface area contributed by atoms with Gasteiger partial charge in [0.1, 0.15) is 0 Å². The average Bonchev–Trinajstić information content (AvgIpc) is 2.16. The summed E-state index contributed by atoms with van der Waals surface area (Å²) >= 11 is 0. The Morgan fingerprint density at radius 1 is 1.07 bits per heavy atom. The highest BCUT2D eigenvalue weighted by molar-refractivity contribution is 5.45. The summed E-state index contributed by atoms with van der Waals surface area (Å²) in [5, 5.41) is 0. The highest BCUT2D eigenvalue weighted by Crippen LogP contribution is 2.39. The number of benzene rings is 1. The van der Waals surface area contributed by atoms with Gasteiger partial charge >= 0.3 is 0 Å². The Labute approximate surface area is 86.3 Å². The summed E-state index contributed by atoms with van der Waals surface area (Å²) in [7, 11) is 0. The van der Waals surface area contributed by atoms with Crippen LogP contribution in [0.25, 0.3) is 0 Å².